The molecule has 17 heavy (non-hydrogen) atoms. The Morgan fingerprint density at radius 3 is 2.47 bits per heavy atom. The van der Waals surface area contributed by atoms with E-state index in [4.69, 9.17) is 5.11 Å². The van der Waals surface area contributed by atoms with Gasteiger partial charge in [-0.25, -0.2) is 4.79 Å². The van der Waals surface area contributed by atoms with E-state index in [-0.39, 0.29) is 24.5 Å². The van der Waals surface area contributed by atoms with Crippen molar-refractivity contribution in [2.75, 3.05) is 0 Å². The van der Waals surface area contributed by atoms with Gasteiger partial charge in [-0.1, -0.05) is 13.8 Å². The van der Waals surface area contributed by atoms with Crippen molar-refractivity contribution in [1.82, 2.24) is 10.6 Å². The van der Waals surface area contributed by atoms with Crippen molar-refractivity contribution in [2.24, 2.45) is 11.8 Å². The van der Waals surface area contributed by atoms with Gasteiger partial charge in [0, 0.05) is 12.1 Å². The van der Waals surface area contributed by atoms with Crippen LogP contribution in [-0.2, 0) is 4.79 Å². The number of aliphatic carboxylic acids is 1. The van der Waals surface area contributed by atoms with Crippen molar-refractivity contribution in [3.8, 4) is 0 Å². The van der Waals surface area contributed by atoms with E-state index in [1.807, 2.05) is 0 Å². The maximum atomic E-state index is 11.6. The van der Waals surface area contributed by atoms with Crippen molar-refractivity contribution in [2.45, 2.75) is 52.1 Å². The van der Waals surface area contributed by atoms with Crippen molar-refractivity contribution < 1.29 is 14.7 Å². The first-order chi connectivity index (χ1) is 7.90. The molecular weight excluding hydrogens is 220 g/mol. The zero-order chi connectivity index (χ0) is 13.0. The Bertz CT molecular complexity index is 293. The molecule has 2 amide bonds. The standard InChI is InChI=1S/C12H22N2O3/c1-7-4-5-10(9(7)3)14-12(17)13-8(2)6-11(15)16/h7-10H,4-6H2,1-3H3,(H,15,16)(H2,13,14,17). The average molecular weight is 242 g/mol. The molecule has 1 aliphatic carbocycles. The van der Waals surface area contributed by atoms with Gasteiger partial charge in [-0.2, -0.15) is 0 Å². The number of carbonyl (C=O) groups excluding carboxylic acids is 1. The fourth-order valence-electron chi connectivity index (χ4n) is 2.32. The SMILES string of the molecule is CC(CC(=O)O)NC(=O)NC1CCC(C)C1C. The minimum atomic E-state index is -0.902. The monoisotopic (exact) mass is 242 g/mol. The van der Waals surface area contributed by atoms with Gasteiger partial charge in [0.1, 0.15) is 0 Å². The van der Waals surface area contributed by atoms with E-state index in [0.717, 1.165) is 12.8 Å². The second-order valence-electron chi connectivity index (χ2n) is 5.14. The molecule has 0 spiro atoms. The van der Waals surface area contributed by atoms with Gasteiger partial charge in [-0.3, -0.25) is 4.79 Å². The highest BCUT2D eigenvalue weighted by molar-refractivity contribution is 5.76. The van der Waals surface area contributed by atoms with E-state index < -0.39 is 5.97 Å². The Hall–Kier alpha value is -1.26. The molecule has 4 unspecified atom stereocenters. The summed E-state index contributed by atoms with van der Waals surface area (Å²) in [5, 5.41) is 14.1. The van der Waals surface area contributed by atoms with Crippen LogP contribution in [0.25, 0.3) is 0 Å². The normalized spacial score (nSPS) is 29.7. The lowest BCUT2D eigenvalue weighted by Crippen LogP contribution is -2.47. The summed E-state index contributed by atoms with van der Waals surface area (Å²) in [7, 11) is 0. The Morgan fingerprint density at radius 2 is 2.00 bits per heavy atom. The Balaban J connectivity index is 2.32. The molecule has 98 valence electrons. The molecule has 0 aliphatic heterocycles. The van der Waals surface area contributed by atoms with Gasteiger partial charge in [-0.05, 0) is 31.6 Å². The van der Waals surface area contributed by atoms with Gasteiger partial charge in [0.2, 0.25) is 0 Å². The number of hydrogen-bond acceptors (Lipinski definition) is 2. The molecule has 5 nitrogen and oxygen atoms in total. The number of carboxylic acids is 1. The molecule has 0 saturated heterocycles. The molecule has 1 saturated carbocycles. The van der Waals surface area contributed by atoms with Crippen molar-refractivity contribution in [1.29, 1.82) is 0 Å². The number of nitrogens with one attached hydrogen (secondary N) is 2. The maximum absolute atomic E-state index is 11.6. The number of amides is 2. The molecule has 0 aromatic heterocycles. The fourth-order valence-corrected chi connectivity index (χ4v) is 2.32. The number of rotatable bonds is 4. The zero-order valence-electron chi connectivity index (χ0n) is 10.7. The van der Waals surface area contributed by atoms with Gasteiger partial charge < -0.3 is 15.7 Å². The molecule has 0 bridgehead atoms. The summed E-state index contributed by atoms with van der Waals surface area (Å²) < 4.78 is 0. The number of hydrogen-bond donors (Lipinski definition) is 3. The number of carboxylic acid groups (broad SMARTS) is 1. The summed E-state index contributed by atoms with van der Waals surface area (Å²) in [6, 6.07) is -0.395. The quantitative estimate of drug-likeness (QED) is 0.700. The third-order valence-corrected chi connectivity index (χ3v) is 3.64. The van der Waals surface area contributed by atoms with Gasteiger partial charge in [0.05, 0.1) is 6.42 Å². The summed E-state index contributed by atoms with van der Waals surface area (Å²) in [6.07, 6.45) is 2.09. The third kappa shape index (κ3) is 4.24. The highest BCUT2D eigenvalue weighted by Gasteiger charge is 2.30. The van der Waals surface area contributed by atoms with Crippen LogP contribution in [-0.4, -0.2) is 29.2 Å². The molecule has 1 fully saturated rings. The Morgan fingerprint density at radius 1 is 1.35 bits per heavy atom. The van der Waals surface area contributed by atoms with Gasteiger partial charge >= 0.3 is 12.0 Å². The lowest BCUT2D eigenvalue weighted by molar-refractivity contribution is -0.137. The summed E-state index contributed by atoms with van der Waals surface area (Å²) in [6.45, 7) is 6.02. The predicted octanol–water partition coefficient (Wildman–Crippen LogP) is 1.58. The lowest BCUT2D eigenvalue weighted by atomic mass is 9.98. The molecule has 0 heterocycles. The fraction of sp³-hybridized carbons (Fsp3) is 0.833. The molecular formula is C12H22N2O3. The summed E-state index contributed by atoms with van der Waals surface area (Å²) >= 11 is 0. The molecule has 1 aliphatic rings. The molecule has 4 atom stereocenters. The van der Waals surface area contributed by atoms with Crippen LogP contribution < -0.4 is 10.6 Å². The number of carbonyl (C=O) groups is 2. The van der Waals surface area contributed by atoms with Gasteiger partial charge in [0.25, 0.3) is 0 Å². The second kappa shape index (κ2) is 5.89. The second-order valence-corrected chi connectivity index (χ2v) is 5.14. The van der Waals surface area contributed by atoms with E-state index in [9.17, 15) is 9.59 Å². The van der Waals surface area contributed by atoms with Crippen LogP contribution in [0.2, 0.25) is 0 Å². The highest BCUT2D eigenvalue weighted by atomic mass is 16.4. The van der Waals surface area contributed by atoms with Crippen molar-refractivity contribution >= 4 is 12.0 Å². The molecule has 3 N–H and O–H groups in total. The van der Waals surface area contributed by atoms with Gasteiger partial charge in [-0.15, -0.1) is 0 Å². The van der Waals surface area contributed by atoms with E-state index in [1.54, 1.807) is 6.92 Å². The first-order valence-electron chi connectivity index (χ1n) is 6.19. The Kier molecular flexibility index (Phi) is 4.78. The van der Waals surface area contributed by atoms with Crippen LogP contribution >= 0.6 is 0 Å². The number of urea groups is 1. The minimum Gasteiger partial charge on any atom is -0.481 e. The molecule has 1 rings (SSSR count). The van der Waals surface area contributed by atoms with Gasteiger partial charge in [0.15, 0.2) is 0 Å². The largest absolute Gasteiger partial charge is 0.481 e. The van der Waals surface area contributed by atoms with E-state index in [1.165, 1.54) is 0 Å². The van der Waals surface area contributed by atoms with E-state index in [2.05, 4.69) is 24.5 Å². The van der Waals surface area contributed by atoms with Crippen molar-refractivity contribution in [3.05, 3.63) is 0 Å². The first kappa shape index (κ1) is 13.8. The minimum absolute atomic E-state index is 0.0515. The average Bonchev–Trinajstić information content (AvgIpc) is 2.48. The molecule has 5 heteroatoms. The molecule has 0 aromatic carbocycles. The Labute approximate surface area is 102 Å². The predicted molar refractivity (Wildman–Crippen MR) is 64.7 cm³/mol. The van der Waals surface area contributed by atoms with E-state index in [0.29, 0.717) is 11.8 Å². The third-order valence-electron chi connectivity index (χ3n) is 3.64. The van der Waals surface area contributed by atoms with Crippen LogP contribution in [0, 0.1) is 11.8 Å². The summed E-state index contributed by atoms with van der Waals surface area (Å²) in [4.78, 5) is 22.1. The van der Waals surface area contributed by atoms with Crippen LogP contribution in [0.4, 0.5) is 4.79 Å². The molecule has 0 aromatic rings. The zero-order valence-corrected chi connectivity index (χ0v) is 10.7. The smallest absolute Gasteiger partial charge is 0.315 e. The summed E-state index contributed by atoms with van der Waals surface area (Å²) in [5.74, 6) is 0.216. The van der Waals surface area contributed by atoms with Crippen molar-refractivity contribution in [3.63, 3.8) is 0 Å². The van der Waals surface area contributed by atoms with Crippen LogP contribution in [0.15, 0.2) is 0 Å². The van der Waals surface area contributed by atoms with E-state index >= 15 is 0 Å². The lowest BCUT2D eigenvalue weighted by Gasteiger charge is -2.21. The topological polar surface area (TPSA) is 78.4 Å². The first-order valence-corrected chi connectivity index (χ1v) is 6.19. The van der Waals surface area contributed by atoms with Crippen LogP contribution in [0.1, 0.15) is 40.0 Å². The maximum Gasteiger partial charge on any atom is 0.315 e. The highest BCUT2D eigenvalue weighted by Crippen LogP contribution is 2.30. The van der Waals surface area contributed by atoms with Crippen LogP contribution in [0.5, 0.6) is 0 Å². The molecule has 0 radical (unpaired) electrons. The summed E-state index contributed by atoms with van der Waals surface area (Å²) in [5.41, 5.74) is 0. The van der Waals surface area contributed by atoms with Crippen LogP contribution in [0.3, 0.4) is 0 Å².